The van der Waals surface area contributed by atoms with E-state index in [-0.39, 0.29) is 5.91 Å². The summed E-state index contributed by atoms with van der Waals surface area (Å²) in [4.78, 5) is 18.8. The van der Waals surface area contributed by atoms with Crippen molar-refractivity contribution in [2.75, 3.05) is 31.2 Å². The molecule has 3 heterocycles. The van der Waals surface area contributed by atoms with Crippen LogP contribution in [0.5, 0.6) is 0 Å². The van der Waals surface area contributed by atoms with Gasteiger partial charge in [-0.05, 0) is 43.7 Å². The third kappa shape index (κ3) is 4.58. The van der Waals surface area contributed by atoms with E-state index in [9.17, 15) is 4.79 Å². The van der Waals surface area contributed by atoms with Crippen molar-refractivity contribution in [1.29, 1.82) is 0 Å². The number of amides is 1. The van der Waals surface area contributed by atoms with E-state index in [1.54, 1.807) is 6.20 Å². The number of carbonyl (C=O) groups is 1. The van der Waals surface area contributed by atoms with Gasteiger partial charge in [-0.15, -0.1) is 0 Å². The monoisotopic (exact) mass is 337 g/mol. The number of nitrogens with one attached hydrogen (secondary N) is 1. The molecule has 3 rings (SSSR count). The van der Waals surface area contributed by atoms with Gasteiger partial charge in [-0.3, -0.25) is 4.79 Å². The van der Waals surface area contributed by atoms with E-state index in [1.807, 2.05) is 12.1 Å². The van der Waals surface area contributed by atoms with Crippen molar-refractivity contribution in [3.05, 3.63) is 23.4 Å². The molecule has 0 spiro atoms. The first-order chi connectivity index (χ1) is 11.2. The van der Waals surface area contributed by atoms with Crippen LogP contribution < -0.4 is 10.2 Å². The van der Waals surface area contributed by atoms with E-state index in [2.05, 4.69) is 15.2 Å². The molecule has 0 saturated carbocycles. The molecule has 0 unspecified atom stereocenters. The third-order valence-electron chi connectivity index (χ3n) is 4.71. The lowest BCUT2D eigenvalue weighted by Gasteiger charge is -2.33. The van der Waals surface area contributed by atoms with Gasteiger partial charge in [-0.1, -0.05) is 11.6 Å². The van der Waals surface area contributed by atoms with Crippen molar-refractivity contribution in [3.8, 4) is 0 Å². The van der Waals surface area contributed by atoms with Crippen LogP contribution in [0.25, 0.3) is 0 Å². The highest BCUT2D eigenvalue weighted by atomic mass is 35.5. The average Bonchev–Trinajstić information content (AvgIpc) is 2.57. The summed E-state index contributed by atoms with van der Waals surface area (Å²) in [5.74, 6) is 1.50. The smallest absolute Gasteiger partial charge is 0.220 e. The lowest BCUT2D eigenvalue weighted by atomic mass is 9.93. The van der Waals surface area contributed by atoms with Crippen LogP contribution in [0.4, 0.5) is 5.82 Å². The van der Waals surface area contributed by atoms with Gasteiger partial charge < -0.3 is 15.0 Å². The second-order valence-electron chi connectivity index (χ2n) is 6.40. The molecule has 1 aromatic rings. The number of halogens is 1. The third-order valence-corrected chi connectivity index (χ3v) is 5.01. The predicted molar refractivity (Wildman–Crippen MR) is 90.8 cm³/mol. The predicted octanol–water partition coefficient (Wildman–Crippen LogP) is 2.64. The molecule has 6 heteroatoms. The Morgan fingerprint density at radius 3 is 2.74 bits per heavy atom. The van der Waals surface area contributed by atoms with Gasteiger partial charge in [0, 0.05) is 45.0 Å². The summed E-state index contributed by atoms with van der Waals surface area (Å²) in [6.45, 7) is 3.33. The largest absolute Gasteiger partial charge is 0.381 e. The van der Waals surface area contributed by atoms with Crippen molar-refractivity contribution in [3.63, 3.8) is 0 Å². The molecular weight excluding hydrogens is 314 g/mol. The molecular formula is C17H24ClN3O2. The van der Waals surface area contributed by atoms with Gasteiger partial charge in [0.25, 0.3) is 0 Å². The van der Waals surface area contributed by atoms with E-state index in [0.29, 0.717) is 23.4 Å². The van der Waals surface area contributed by atoms with Crippen molar-refractivity contribution in [2.45, 2.75) is 38.1 Å². The van der Waals surface area contributed by atoms with Gasteiger partial charge in [0.05, 0.1) is 5.02 Å². The Labute approximate surface area is 142 Å². The maximum absolute atomic E-state index is 12.2. The summed E-state index contributed by atoms with van der Waals surface area (Å²) in [7, 11) is 0. The van der Waals surface area contributed by atoms with Crippen LogP contribution in [0.2, 0.25) is 5.02 Å². The zero-order chi connectivity index (χ0) is 16.1. The van der Waals surface area contributed by atoms with Gasteiger partial charge in [-0.2, -0.15) is 0 Å². The molecule has 0 aliphatic carbocycles. The van der Waals surface area contributed by atoms with Crippen molar-refractivity contribution in [2.24, 2.45) is 5.92 Å². The standard InChI is InChI=1S/C17H24ClN3O2/c18-15-2-1-7-19-17(15)21-8-3-13(4-9-21)12-16(22)20-14-5-10-23-11-6-14/h1-2,7,13-14H,3-6,8-12H2,(H,20,22). The molecule has 0 atom stereocenters. The summed E-state index contributed by atoms with van der Waals surface area (Å²) in [5, 5.41) is 3.85. The Morgan fingerprint density at radius 2 is 2.04 bits per heavy atom. The first kappa shape index (κ1) is 16.5. The van der Waals surface area contributed by atoms with E-state index in [0.717, 1.165) is 57.8 Å². The molecule has 1 aromatic heterocycles. The molecule has 23 heavy (non-hydrogen) atoms. The minimum Gasteiger partial charge on any atom is -0.381 e. The van der Waals surface area contributed by atoms with Crippen LogP contribution in [0.15, 0.2) is 18.3 Å². The second kappa shape index (κ2) is 7.97. The van der Waals surface area contributed by atoms with Crippen LogP contribution in [-0.4, -0.2) is 43.2 Å². The summed E-state index contributed by atoms with van der Waals surface area (Å²) in [6.07, 6.45) is 6.28. The molecule has 1 N–H and O–H groups in total. The lowest BCUT2D eigenvalue weighted by Crippen LogP contribution is -2.41. The van der Waals surface area contributed by atoms with E-state index < -0.39 is 0 Å². The zero-order valence-electron chi connectivity index (χ0n) is 13.3. The Hall–Kier alpha value is -1.33. The minimum absolute atomic E-state index is 0.186. The van der Waals surface area contributed by atoms with Gasteiger partial charge in [0.1, 0.15) is 5.82 Å². The number of rotatable bonds is 4. The zero-order valence-corrected chi connectivity index (χ0v) is 14.1. The Balaban J connectivity index is 1.44. The molecule has 2 fully saturated rings. The molecule has 5 nitrogen and oxygen atoms in total. The number of hydrogen-bond acceptors (Lipinski definition) is 4. The van der Waals surface area contributed by atoms with Crippen LogP contribution in [-0.2, 0) is 9.53 Å². The first-order valence-electron chi connectivity index (χ1n) is 8.45. The number of piperidine rings is 1. The van der Waals surface area contributed by atoms with Gasteiger partial charge in [0.15, 0.2) is 0 Å². The average molecular weight is 338 g/mol. The number of ether oxygens (including phenoxy) is 1. The summed E-state index contributed by atoms with van der Waals surface area (Å²) < 4.78 is 5.32. The number of nitrogens with zero attached hydrogens (tertiary/aromatic N) is 2. The van der Waals surface area contributed by atoms with Gasteiger partial charge in [-0.25, -0.2) is 4.98 Å². The highest BCUT2D eigenvalue weighted by Crippen LogP contribution is 2.28. The summed E-state index contributed by atoms with van der Waals surface area (Å²) in [5.41, 5.74) is 0. The molecule has 126 valence electrons. The summed E-state index contributed by atoms with van der Waals surface area (Å²) in [6, 6.07) is 4.01. The second-order valence-corrected chi connectivity index (χ2v) is 6.80. The number of anilines is 1. The van der Waals surface area contributed by atoms with Crippen molar-refractivity contribution >= 4 is 23.3 Å². The fraction of sp³-hybridized carbons (Fsp3) is 0.647. The number of aromatic nitrogens is 1. The first-order valence-corrected chi connectivity index (χ1v) is 8.83. The van der Waals surface area contributed by atoms with Crippen molar-refractivity contribution < 1.29 is 9.53 Å². The molecule has 0 aromatic carbocycles. The Kier molecular flexibility index (Phi) is 5.73. The topological polar surface area (TPSA) is 54.5 Å². The van der Waals surface area contributed by atoms with Crippen LogP contribution in [0.3, 0.4) is 0 Å². The van der Waals surface area contributed by atoms with Crippen LogP contribution in [0.1, 0.15) is 32.1 Å². The normalized spacial score (nSPS) is 20.5. The molecule has 2 aliphatic rings. The number of carbonyl (C=O) groups excluding carboxylic acids is 1. The Morgan fingerprint density at radius 1 is 1.30 bits per heavy atom. The maximum Gasteiger partial charge on any atom is 0.220 e. The van der Waals surface area contributed by atoms with E-state index in [1.165, 1.54) is 0 Å². The fourth-order valence-electron chi connectivity index (χ4n) is 3.35. The van der Waals surface area contributed by atoms with Gasteiger partial charge >= 0.3 is 0 Å². The highest BCUT2D eigenvalue weighted by Gasteiger charge is 2.24. The molecule has 1 amide bonds. The highest BCUT2D eigenvalue weighted by molar-refractivity contribution is 6.32. The molecule has 0 bridgehead atoms. The minimum atomic E-state index is 0.186. The van der Waals surface area contributed by atoms with Gasteiger partial charge in [0.2, 0.25) is 5.91 Å². The lowest BCUT2D eigenvalue weighted by molar-refractivity contribution is -0.123. The quantitative estimate of drug-likeness (QED) is 0.917. The molecule has 2 aliphatic heterocycles. The fourth-order valence-corrected chi connectivity index (χ4v) is 3.59. The molecule has 2 saturated heterocycles. The van der Waals surface area contributed by atoms with Crippen molar-refractivity contribution in [1.82, 2.24) is 10.3 Å². The van der Waals surface area contributed by atoms with E-state index >= 15 is 0 Å². The molecule has 0 radical (unpaired) electrons. The number of pyridine rings is 1. The maximum atomic E-state index is 12.2. The van der Waals surface area contributed by atoms with Crippen LogP contribution >= 0.6 is 11.6 Å². The van der Waals surface area contributed by atoms with E-state index in [4.69, 9.17) is 16.3 Å². The summed E-state index contributed by atoms with van der Waals surface area (Å²) >= 11 is 6.21. The van der Waals surface area contributed by atoms with Crippen LogP contribution in [0, 0.1) is 5.92 Å². The Bertz CT molecular complexity index is 526. The SMILES string of the molecule is O=C(CC1CCN(c2ncccc2Cl)CC1)NC1CCOCC1. The number of hydrogen-bond donors (Lipinski definition) is 1.